The highest BCUT2D eigenvalue weighted by molar-refractivity contribution is 5.68. The highest BCUT2D eigenvalue weighted by Gasteiger charge is 2.25. The van der Waals surface area contributed by atoms with Crippen LogP contribution in [0, 0.1) is 5.92 Å². The second-order valence-electron chi connectivity index (χ2n) is 7.75. The fraction of sp³-hybridized carbons (Fsp3) is 0.941. The molecule has 1 amide bonds. The third kappa shape index (κ3) is 6.25. The zero-order valence-corrected chi connectivity index (χ0v) is 13.9. The van der Waals surface area contributed by atoms with Crippen molar-refractivity contribution in [2.45, 2.75) is 89.8 Å². The number of hydrogen-bond acceptors (Lipinski definition) is 3. The van der Waals surface area contributed by atoms with Crippen molar-refractivity contribution in [2.75, 3.05) is 6.54 Å². The lowest BCUT2D eigenvalue weighted by molar-refractivity contribution is 0.0488. The average Bonchev–Trinajstić information content (AvgIpc) is 2.30. The van der Waals surface area contributed by atoms with E-state index in [4.69, 9.17) is 4.74 Å². The van der Waals surface area contributed by atoms with E-state index in [1.165, 1.54) is 38.5 Å². The SMILES string of the molecule is CC(C)(C)OC(=O)NC1CCCC(NCCC2CCC2)C1. The molecule has 2 unspecified atom stereocenters. The standard InChI is InChI=1S/C17H32N2O2/c1-17(2,3)21-16(20)19-15-9-5-8-14(12-15)18-11-10-13-6-4-7-13/h13-15,18H,4-12H2,1-3H3,(H,19,20). The number of carbonyl (C=O) groups is 1. The molecule has 0 spiro atoms. The molecule has 2 aliphatic carbocycles. The molecule has 2 rings (SSSR count). The van der Waals surface area contributed by atoms with Crippen LogP contribution >= 0.6 is 0 Å². The van der Waals surface area contributed by atoms with Gasteiger partial charge in [0.2, 0.25) is 0 Å². The molecule has 2 N–H and O–H groups in total. The molecular weight excluding hydrogens is 264 g/mol. The third-order valence-corrected chi connectivity index (χ3v) is 4.61. The number of carbonyl (C=O) groups excluding carboxylic acids is 1. The van der Waals surface area contributed by atoms with E-state index in [9.17, 15) is 4.79 Å². The largest absolute Gasteiger partial charge is 0.444 e. The lowest BCUT2D eigenvalue weighted by atomic mass is 9.83. The van der Waals surface area contributed by atoms with Crippen LogP contribution in [0.1, 0.15) is 72.1 Å². The van der Waals surface area contributed by atoms with Crippen LogP contribution in [0.4, 0.5) is 4.79 Å². The zero-order chi connectivity index (χ0) is 15.3. The molecule has 122 valence electrons. The molecule has 2 aliphatic rings. The van der Waals surface area contributed by atoms with Gasteiger partial charge in [0.15, 0.2) is 0 Å². The van der Waals surface area contributed by atoms with Gasteiger partial charge in [0.25, 0.3) is 0 Å². The number of ether oxygens (including phenoxy) is 1. The van der Waals surface area contributed by atoms with Crippen molar-refractivity contribution in [3.05, 3.63) is 0 Å². The van der Waals surface area contributed by atoms with Crippen molar-refractivity contribution in [1.82, 2.24) is 10.6 Å². The summed E-state index contributed by atoms with van der Waals surface area (Å²) in [6.07, 6.45) is 9.84. The van der Waals surface area contributed by atoms with Crippen molar-refractivity contribution in [3.8, 4) is 0 Å². The summed E-state index contributed by atoms with van der Waals surface area (Å²) in [4.78, 5) is 11.8. The van der Waals surface area contributed by atoms with Crippen molar-refractivity contribution >= 4 is 6.09 Å². The van der Waals surface area contributed by atoms with Gasteiger partial charge in [0.1, 0.15) is 5.60 Å². The van der Waals surface area contributed by atoms with Gasteiger partial charge in [-0.15, -0.1) is 0 Å². The first-order chi connectivity index (χ1) is 9.92. The van der Waals surface area contributed by atoms with Gasteiger partial charge in [-0.2, -0.15) is 0 Å². The number of amides is 1. The van der Waals surface area contributed by atoms with Crippen molar-refractivity contribution in [2.24, 2.45) is 5.92 Å². The van der Waals surface area contributed by atoms with E-state index in [1.807, 2.05) is 20.8 Å². The highest BCUT2D eigenvalue weighted by Crippen LogP contribution is 2.29. The molecule has 0 radical (unpaired) electrons. The van der Waals surface area contributed by atoms with Gasteiger partial charge in [-0.25, -0.2) is 4.79 Å². The van der Waals surface area contributed by atoms with Crippen LogP contribution in [-0.4, -0.2) is 30.3 Å². The van der Waals surface area contributed by atoms with Crippen LogP contribution in [0.15, 0.2) is 0 Å². The Morgan fingerprint density at radius 2 is 1.76 bits per heavy atom. The summed E-state index contributed by atoms with van der Waals surface area (Å²) < 4.78 is 5.34. The molecule has 0 aromatic carbocycles. The maximum absolute atomic E-state index is 11.8. The van der Waals surface area contributed by atoms with Crippen molar-refractivity contribution < 1.29 is 9.53 Å². The summed E-state index contributed by atoms with van der Waals surface area (Å²) in [5.74, 6) is 0.969. The Hall–Kier alpha value is -0.770. The molecule has 4 heteroatoms. The van der Waals surface area contributed by atoms with E-state index in [0.29, 0.717) is 6.04 Å². The van der Waals surface area contributed by atoms with Crippen molar-refractivity contribution in [3.63, 3.8) is 0 Å². The molecule has 0 bridgehead atoms. The van der Waals surface area contributed by atoms with E-state index in [1.54, 1.807) is 0 Å². The number of hydrogen-bond donors (Lipinski definition) is 2. The van der Waals surface area contributed by atoms with E-state index in [0.717, 1.165) is 25.3 Å². The maximum Gasteiger partial charge on any atom is 0.407 e. The van der Waals surface area contributed by atoms with Crippen LogP contribution in [0.25, 0.3) is 0 Å². The molecule has 0 aromatic heterocycles. The van der Waals surface area contributed by atoms with Crippen molar-refractivity contribution in [1.29, 1.82) is 0 Å². The summed E-state index contributed by atoms with van der Waals surface area (Å²) in [7, 11) is 0. The molecule has 0 aromatic rings. The molecule has 2 fully saturated rings. The lowest BCUT2D eigenvalue weighted by Gasteiger charge is -2.32. The minimum absolute atomic E-state index is 0.259. The Morgan fingerprint density at radius 3 is 2.38 bits per heavy atom. The zero-order valence-electron chi connectivity index (χ0n) is 13.9. The second-order valence-corrected chi connectivity index (χ2v) is 7.75. The molecule has 0 aliphatic heterocycles. The van der Waals surface area contributed by atoms with Crippen LogP contribution in [0.2, 0.25) is 0 Å². The minimum Gasteiger partial charge on any atom is -0.444 e. The van der Waals surface area contributed by atoms with E-state index in [-0.39, 0.29) is 12.1 Å². The van der Waals surface area contributed by atoms with Crippen LogP contribution in [0.3, 0.4) is 0 Å². The fourth-order valence-corrected chi connectivity index (χ4v) is 3.25. The van der Waals surface area contributed by atoms with E-state index >= 15 is 0 Å². The summed E-state index contributed by atoms with van der Waals surface area (Å²) >= 11 is 0. The number of nitrogens with one attached hydrogen (secondary N) is 2. The molecule has 0 heterocycles. The Morgan fingerprint density at radius 1 is 1.10 bits per heavy atom. The number of alkyl carbamates (subject to hydrolysis) is 1. The summed E-state index contributed by atoms with van der Waals surface area (Å²) in [6, 6.07) is 0.813. The van der Waals surface area contributed by atoms with Gasteiger partial charge in [0, 0.05) is 12.1 Å². The third-order valence-electron chi connectivity index (χ3n) is 4.61. The molecule has 4 nitrogen and oxygen atoms in total. The first kappa shape index (κ1) is 16.6. The quantitative estimate of drug-likeness (QED) is 0.815. The van der Waals surface area contributed by atoms with Crippen LogP contribution in [0.5, 0.6) is 0 Å². The topological polar surface area (TPSA) is 50.4 Å². The average molecular weight is 296 g/mol. The Bertz CT molecular complexity index is 334. The predicted octanol–water partition coefficient (Wildman–Crippen LogP) is 3.60. The summed E-state index contributed by atoms with van der Waals surface area (Å²) in [5.41, 5.74) is -0.417. The molecule has 2 atom stereocenters. The summed E-state index contributed by atoms with van der Waals surface area (Å²) in [6.45, 7) is 6.84. The maximum atomic E-state index is 11.8. The van der Waals surface area contributed by atoms with Gasteiger partial charge in [0.05, 0.1) is 0 Å². The van der Waals surface area contributed by atoms with Gasteiger partial charge in [-0.3, -0.25) is 0 Å². The Kier molecular flexibility index (Phi) is 5.91. The van der Waals surface area contributed by atoms with E-state index in [2.05, 4.69) is 10.6 Å². The highest BCUT2D eigenvalue weighted by atomic mass is 16.6. The first-order valence-electron chi connectivity index (χ1n) is 8.65. The van der Waals surface area contributed by atoms with E-state index < -0.39 is 5.60 Å². The smallest absolute Gasteiger partial charge is 0.407 e. The van der Waals surface area contributed by atoms with Gasteiger partial charge in [-0.05, 0) is 65.3 Å². The first-order valence-corrected chi connectivity index (χ1v) is 8.65. The normalized spacial score (nSPS) is 27.0. The summed E-state index contributed by atoms with van der Waals surface area (Å²) in [5, 5.41) is 6.71. The molecular formula is C17H32N2O2. The molecule has 0 saturated heterocycles. The Labute approximate surface area is 129 Å². The van der Waals surface area contributed by atoms with Gasteiger partial charge < -0.3 is 15.4 Å². The van der Waals surface area contributed by atoms with Gasteiger partial charge >= 0.3 is 6.09 Å². The second kappa shape index (κ2) is 7.48. The predicted molar refractivity (Wildman–Crippen MR) is 85.4 cm³/mol. The minimum atomic E-state index is -0.417. The monoisotopic (exact) mass is 296 g/mol. The lowest BCUT2D eigenvalue weighted by Crippen LogP contribution is -2.46. The fourth-order valence-electron chi connectivity index (χ4n) is 3.25. The van der Waals surface area contributed by atoms with Gasteiger partial charge in [-0.1, -0.05) is 19.3 Å². The molecule has 21 heavy (non-hydrogen) atoms. The Balaban J connectivity index is 1.64. The number of rotatable bonds is 5. The van der Waals surface area contributed by atoms with Crippen LogP contribution < -0.4 is 10.6 Å². The molecule has 2 saturated carbocycles. The van der Waals surface area contributed by atoms with Crippen LogP contribution in [-0.2, 0) is 4.74 Å².